The first kappa shape index (κ1) is 21.2. The molecule has 32 heavy (non-hydrogen) atoms. The van der Waals surface area contributed by atoms with Crippen LogP contribution >= 0.6 is 0 Å². The molecule has 12 heteroatoms. The minimum Gasteiger partial charge on any atom is -0.343 e. The number of hydrogen-bond donors (Lipinski definition) is 2. The van der Waals surface area contributed by atoms with Gasteiger partial charge in [0, 0.05) is 12.7 Å². The lowest BCUT2D eigenvalue weighted by molar-refractivity contribution is -0.137. The summed E-state index contributed by atoms with van der Waals surface area (Å²) in [4.78, 5) is 20.8. The molecule has 1 aromatic carbocycles. The maximum absolute atomic E-state index is 12.7. The van der Waals surface area contributed by atoms with Crippen LogP contribution in [-0.4, -0.2) is 35.9 Å². The summed E-state index contributed by atoms with van der Waals surface area (Å²) in [6.07, 6.45) is -1.57. The molecule has 3 heterocycles. The number of rotatable bonds is 5. The number of halogens is 3. The Bertz CT molecular complexity index is 1250. The van der Waals surface area contributed by atoms with Gasteiger partial charge >= 0.3 is 6.18 Å². The number of amides is 1. The number of aryl methyl sites for hydroxylation is 1. The number of hydrogen-bond acceptors (Lipinski definition) is 7. The van der Waals surface area contributed by atoms with Crippen molar-refractivity contribution >= 4 is 28.4 Å². The summed E-state index contributed by atoms with van der Waals surface area (Å²) < 4.78 is 39.5. The summed E-state index contributed by atoms with van der Waals surface area (Å²) in [7, 11) is 1.72. The second-order valence-electron chi connectivity index (χ2n) is 6.97. The third kappa shape index (κ3) is 4.33. The van der Waals surface area contributed by atoms with E-state index in [2.05, 4.69) is 35.9 Å². The zero-order valence-corrected chi connectivity index (χ0v) is 16.9. The van der Waals surface area contributed by atoms with Crippen LogP contribution in [0.15, 0.2) is 48.9 Å². The van der Waals surface area contributed by atoms with Crippen LogP contribution in [0.2, 0.25) is 0 Å². The van der Waals surface area contributed by atoms with Crippen molar-refractivity contribution in [2.45, 2.75) is 19.1 Å². The summed E-state index contributed by atoms with van der Waals surface area (Å²) in [6.45, 7) is 1.74. The number of aromatic nitrogens is 6. The van der Waals surface area contributed by atoms with E-state index < -0.39 is 23.7 Å². The minimum absolute atomic E-state index is 0.198. The first-order valence-corrected chi connectivity index (χ1v) is 9.44. The second kappa shape index (κ2) is 8.21. The molecule has 1 atom stereocenters. The standard InChI is InChI=1S/C20H17F3N8O/c1-11(27-19(32)17-14-9-26-31(2)18(14)25-10-24-17)15-7-8-16(30-29-15)28-13-5-3-12(4-6-13)20(21,22)23/h3-11H,1-2H3,(H,27,32)(H,28,30). The zero-order valence-electron chi connectivity index (χ0n) is 16.9. The van der Waals surface area contributed by atoms with Crippen molar-refractivity contribution in [3.8, 4) is 0 Å². The molecule has 0 saturated heterocycles. The van der Waals surface area contributed by atoms with Gasteiger partial charge in [0.25, 0.3) is 5.91 Å². The quantitative estimate of drug-likeness (QED) is 0.487. The van der Waals surface area contributed by atoms with Gasteiger partial charge in [-0.05, 0) is 43.3 Å². The number of benzene rings is 1. The molecule has 4 aromatic rings. The average molecular weight is 442 g/mol. The molecule has 9 nitrogen and oxygen atoms in total. The van der Waals surface area contributed by atoms with Gasteiger partial charge in [-0.2, -0.15) is 23.4 Å². The predicted octanol–water partition coefficient (Wildman–Crippen LogP) is 3.41. The van der Waals surface area contributed by atoms with Gasteiger partial charge in [0.05, 0.1) is 28.9 Å². The highest BCUT2D eigenvalue weighted by atomic mass is 19.4. The topological polar surface area (TPSA) is 111 Å². The Labute approximate surface area is 179 Å². The Morgan fingerprint density at radius 1 is 1.06 bits per heavy atom. The van der Waals surface area contributed by atoms with Gasteiger partial charge in [-0.3, -0.25) is 9.48 Å². The molecule has 0 fully saturated rings. The van der Waals surface area contributed by atoms with Crippen molar-refractivity contribution in [2.24, 2.45) is 7.05 Å². The van der Waals surface area contributed by atoms with Crippen LogP contribution in [0.3, 0.4) is 0 Å². The number of fused-ring (bicyclic) bond motifs is 1. The van der Waals surface area contributed by atoms with Gasteiger partial charge < -0.3 is 10.6 Å². The Hall–Kier alpha value is -4.09. The van der Waals surface area contributed by atoms with E-state index in [1.165, 1.54) is 24.7 Å². The molecular weight excluding hydrogens is 425 g/mol. The molecule has 0 aliphatic heterocycles. The maximum Gasteiger partial charge on any atom is 0.416 e. The average Bonchev–Trinajstić information content (AvgIpc) is 3.15. The molecule has 0 aliphatic rings. The molecule has 0 radical (unpaired) electrons. The van der Waals surface area contributed by atoms with Gasteiger partial charge in [0.1, 0.15) is 12.0 Å². The first-order chi connectivity index (χ1) is 15.2. The summed E-state index contributed by atoms with van der Waals surface area (Å²) in [5.41, 5.74) is 0.930. The number of nitrogens with zero attached hydrogens (tertiary/aromatic N) is 6. The van der Waals surface area contributed by atoms with Gasteiger partial charge in [-0.15, -0.1) is 5.10 Å². The van der Waals surface area contributed by atoms with Crippen LogP contribution in [0.4, 0.5) is 24.7 Å². The highest BCUT2D eigenvalue weighted by Crippen LogP contribution is 2.30. The van der Waals surface area contributed by atoms with Crippen molar-refractivity contribution in [1.82, 2.24) is 35.3 Å². The zero-order chi connectivity index (χ0) is 22.9. The molecule has 0 bridgehead atoms. The first-order valence-electron chi connectivity index (χ1n) is 9.44. The number of anilines is 2. The van der Waals surface area contributed by atoms with Gasteiger partial charge in [0.15, 0.2) is 11.5 Å². The van der Waals surface area contributed by atoms with Gasteiger partial charge in [-0.1, -0.05) is 0 Å². The Balaban J connectivity index is 1.42. The maximum atomic E-state index is 12.7. The minimum atomic E-state index is -4.39. The fraction of sp³-hybridized carbons (Fsp3) is 0.200. The lowest BCUT2D eigenvalue weighted by atomic mass is 10.2. The molecule has 0 aliphatic carbocycles. The van der Waals surface area contributed by atoms with Crippen molar-refractivity contribution in [3.63, 3.8) is 0 Å². The lowest BCUT2D eigenvalue weighted by Gasteiger charge is -2.13. The highest BCUT2D eigenvalue weighted by Gasteiger charge is 2.30. The number of carbonyl (C=O) groups is 1. The molecule has 2 N–H and O–H groups in total. The monoisotopic (exact) mass is 442 g/mol. The van der Waals surface area contributed by atoms with Crippen LogP contribution in [0.5, 0.6) is 0 Å². The third-order valence-electron chi connectivity index (χ3n) is 4.71. The predicted molar refractivity (Wildman–Crippen MR) is 109 cm³/mol. The fourth-order valence-corrected chi connectivity index (χ4v) is 3.01. The van der Waals surface area contributed by atoms with Crippen LogP contribution in [0.25, 0.3) is 11.0 Å². The van der Waals surface area contributed by atoms with E-state index in [9.17, 15) is 18.0 Å². The molecular formula is C20H17F3N8O. The van der Waals surface area contributed by atoms with Crippen molar-refractivity contribution in [2.75, 3.05) is 5.32 Å². The smallest absolute Gasteiger partial charge is 0.343 e. The van der Waals surface area contributed by atoms with E-state index in [1.54, 1.807) is 30.8 Å². The van der Waals surface area contributed by atoms with E-state index in [-0.39, 0.29) is 5.69 Å². The SMILES string of the molecule is CC(NC(=O)c1ncnc2c1cnn2C)c1ccc(Nc2ccc(C(F)(F)F)cc2)nn1. The molecule has 4 rings (SSSR count). The molecule has 3 aromatic heterocycles. The summed E-state index contributed by atoms with van der Waals surface area (Å²) in [5.74, 6) is -0.0634. The third-order valence-corrected chi connectivity index (χ3v) is 4.71. The number of nitrogens with one attached hydrogen (secondary N) is 2. The van der Waals surface area contributed by atoms with Crippen molar-refractivity contribution in [1.29, 1.82) is 0 Å². The number of alkyl halides is 3. The van der Waals surface area contributed by atoms with E-state index in [0.717, 1.165) is 12.1 Å². The largest absolute Gasteiger partial charge is 0.416 e. The molecule has 0 saturated carbocycles. The van der Waals surface area contributed by atoms with Crippen LogP contribution < -0.4 is 10.6 Å². The molecule has 164 valence electrons. The summed E-state index contributed by atoms with van der Waals surface area (Å²) >= 11 is 0. The van der Waals surface area contributed by atoms with E-state index >= 15 is 0 Å². The van der Waals surface area contributed by atoms with E-state index in [0.29, 0.717) is 28.2 Å². The van der Waals surface area contributed by atoms with E-state index in [4.69, 9.17) is 0 Å². The van der Waals surface area contributed by atoms with E-state index in [1.807, 2.05) is 0 Å². The van der Waals surface area contributed by atoms with Gasteiger partial charge in [0.2, 0.25) is 0 Å². The van der Waals surface area contributed by atoms with Crippen molar-refractivity contribution in [3.05, 3.63) is 65.9 Å². The highest BCUT2D eigenvalue weighted by molar-refractivity contribution is 6.03. The molecule has 1 unspecified atom stereocenters. The Kier molecular flexibility index (Phi) is 5.43. The number of carbonyl (C=O) groups excluding carboxylic acids is 1. The van der Waals surface area contributed by atoms with Crippen LogP contribution in [-0.2, 0) is 13.2 Å². The van der Waals surface area contributed by atoms with Crippen molar-refractivity contribution < 1.29 is 18.0 Å². The summed E-state index contributed by atoms with van der Waals surface area (Å²) in [5, 5.41) is 18.4. The second-order valence-corrected chi connectivity index (χ2v) is 6.97. The molecule has 1 amide bonds. The Morgan fingerprint density at radius 3 is 2.47 bits per heavy atom. The van der Waals surface area contributed by atoms with Crippen LogP contribution in [0, 0.1) is 0 Å². The Morgan fingerprint density at radius 2 is 1.81 bits per heavy atom. The fourth-order valence-electron chi connectivity index (χ4n) is 3.01. The van der Waals surface area contributed by atoms with Crippen LogP contribution in [0.1, 0.15) is 34.7 Å². The lowest BCUT2D eigenvalue weighted by Crippen LogP contribution is -2.28. The normalized spacial score (nSPS) is 12.5. The summed E-state index contributed by atoms with van der Waals surface area (Å²) in [6, 6.07) is 7.38. The van der Waals surface area contributed by atoms with Gasteiger partial charge in [-0.25, -0.2) is 9.97 Å². The molecule has 0 spiro atoms.